The van der Waals surface area contributed by atoms with Crippen LogP contribution in [-0.4, -0.2) is 48.5 Å². The molecule has 0 spiro atoms. The minimum atomic E-state index is -3.78. The molecule has 1 N–H and O–H groups in total. The van der Waals surface area contributed by atoms with Crippen molar-refractivity contribution >= 4 is 29.9 Å². The summed E-state index contributed by atoms with van der Waals surface area (Å²) in [6.45, 7) is 1.50. The molecule has 29 heavy (non-hydrogen) atoms. The predicted octanol–water partition coefficient (Wildman–Crippen LogP) is 3.54. The molecule has 0 radical (unpaired) electrons. The van der Waals surface area contributed by atoms with Crippen molar-refractivity contribution in [1.82, 2.24) is 0 Å². The second-order valence-electron chi connectivity index (χ2n) is 5.44. The fraction of sp³-hybridized carbons (Fsp3) is 0.333. The van der Waals surface area contributed by atoms with Gasteiger partial charge in [0.15, 0.2) is 0 Å². The first kappa shape index (κ1) is 27.4. The van der Waals surface area contributed by atoms with Gasteiger partial charge in [-0.2, -0.15) is 8.42 Å². The molecular formula is C18H23ClF2O6S2. The van der Waals surface area contributed by atoms with E-state index < -0.39 is 39.1 Å². The van der Waals surface area contributed by atoms with Crippen molar-refractivity contribution < 1.29 is 34.9 Å². The lowest BCUT2D eigenvalue weighted by atomic mass is 10.2. The molecule has 0 amide bonds. The Balaban J connectivity index is 0.000000466. The molecule has 0 aliphatic rings. The first-order valence-corrected chi connectivity index (χ1v) is 11.9. The van der Waals surface area contributed by atoms with Crippen molar-refractivity contribution in [1.29, 1.82) is 0 Å². The highest BCUT2D eigenvalue weighted by Crippen LogP contribution is 2.14. The lowest BCUT2D eigenvalue weighted by Gasteiger charge is -2.03. The maximum absolute atomic E-state index is 11.7. The van der Waals surface area contributed by atoms with Gasteiger partial charge in [-0.05, 0) is 38.1 Å². The molecule has 11 heteroatoms. The maximum atomic E-state index is 11.7. The Hall–Kier alpha value is -1.59. The Morgan fingerprint density at radius 3 is 1.52 bits per heavy atom. The summed E-state index contributed by atoms with van der Waals surface area (Å²) in [6.07, 6.45) is 0. The third-order valence-electron chi connectivity index (χ3n) is 3.01. The number of benzene rings is 2. The Kier molecular flexibility index (Phi) is 12.9. The van der Waals surface area contributed by atoms with Crippen LogP contribution in [0.25, 0.3) is 0 Å². The molecular weight excluding hydrogens is 450 g/mol. The summed E-state index contributed by atoms with van der Waals surface area (Å²) in [4.78, 5) is 0.196. The highest BCUT2D eigenvalue weighted by atomic mass is 35.7. The maximum Gasteiger partial charge on any atom is 0.297 e. The van der Waals surface area contributed by atoms with E-state index in [1.54, 1.807) is 24.3 Å². The fourth-order valence-electron chi connectivity index (χ4n) is 1.61. The van der Waals surface area contributed by atoms with Crippen LogP contribution in [0.3, 0.4) is 0 Å². The van der Waals surface area contributed by atoms with Crippen molar-refractivity contribution in [3.8, 4) is 0 Å². The van der Waals surface area contributed by atoms with Crippen LogP contribution >= 0.6 is 10.7 Å². The molecule has 0 saturated heterocycles. The molecule has 0 aliphatic carbocycles. The third-order valence-corrected chi connectivity index (χ3v) is 5.71. The number of alkyl halides is 2. The van der Waals surface area contributed by atoms with Crippen molar-refractivity contribution in [3.05, 3.63) is 59.7 Å². The van der Waals surface area contributed by atoms with Crippen LogP contribution in [0.15, 0.2) is 58.3 Å². The van der Waals surface area contributed by atoms with Gasteiger partial charge in [-0.15, -0.1) is 0 Å². The van der Waals surface area contributed by atoms with Crippen molar-refractivity contribution in [2.24, 2.45) is 0 Å². The average molecular weight is 473 g/mol. The predicted molar refractivity (Wildman–Crippen MR) is 108 cm³/mol. The smallest absolute Gasteiger partial charge is 0.297 e. The van der Waals surface area contributed by atoms with Gasteiger partial charge in [0.25, 0.3) is 19.2 Å². The van der Waals surface area contributed by atoms with E-state index >= 15 is 0 Å². The molecule has 2 rings (SSSR count). The van der Waals surface area contributed by atoms with Gasteiger partial charge in [-0.3, -0.25) is 4.18 Å². The summed E-state index contributed by atoms with van der Waals surface area (Å²) in [5.74, 6) is 0. The van der Waals surface area contributed by atoms with Crippen LogP contribution < -0.4 is 0 Å². The molecule has 6 nitrogen and oxygen atoms in total. The molecule has 164 valence electrons. The molecule has 0 aliphatic heterocycles. The van der Waals surface area contributed by atoms with Crippen LogP contribution in [0, 0.1) is 13.8 Å². The summed E-state index contributed by atoms with van der Waals surface area (Å²) in [5.41, 5.74) is 1.96. The van der Waals surface area contributed by atoms with Crippen LogP contribution in [0.4, 0.5) is 8.78 Å². The fourth-order valence-corrected chi connectivity index (χ4v) is 3.27. The largest absolute Gasteiger partial charge is 0.394 e. The Morgan fingerprint density at radius 2 is 1.21 bits per heavy atom. The standard InChI is InChI=1S/C9H11FO3S.C7H7ClO2S.C2H5FO/c1-8-2-4-9(5-3-8)14(11,12)13-7-6-10;1-6-2-4-7(5-3-6)11(8,9)10;3-1-2-4/h2-5H,6-7H2,1H3;2-5H,1H3;4H,1-2H2. The minimum Gasteiger partial charge on any atom is -0.394 e. The number of hydrogen-bond acceptors (Lipinski definition) is 6. The van der Waals surface area contributed by atoms with E-state index in [1.165, 1.54) is 24.3 Å². The second-order valence-corrected chi connectivity index (χ2v) is 9.62. The third kappa shape index (κ3) is 11.9. The highest BCUT2D eigenvalue weighted by Gasteiger charge is 2.13. The van der Waals surface area contributed by atoms with E-state index in [-0.39, 0.29) is 16.4 Å². The number of hydrogen-bond donors (Lipinski definition) is 1. The summed E-state index contributed by atoms with van der Waals surface area (Å²) < 4.78 is 70.6. The average Bonchev–Trinajstić information content (AvgIpc) is 2.67. The van der Waals surface area contributed by atoms with E-state index in [0.29, 0.717) is 0 Å². The van der Waals surface area contributed by atoms with Crippen LogP contribution in [0.5, 0.6) is 0 Å². The van der Waals surface area contributed by atoms with Crippen molar-refractivity contribution in [2.75, 3.05) is 26.6 Å². The first-order valence-electron chi connectivity index (χ1n) is 8.18. The molecule has 0 saturated carbocycles. The second kappa shape index (κ2) is 13.6. The van der Waals surface area contributed by atoms with Gasteiger partial charge in [0.1, 0.15) is 13.3 Å². The van der Waals surface area contributed by atoms with Crippen molar-refractivity contribution in [2.45, 2.75) is 23.6 Å². The molecule has 0 atom stereocenters. The van der Waals surface area contributed by atoms with Gasteiger partial charge in [-0.25, -0.2) is 17.2 Å². The lowest BCUT2D eigenvalue weighted by Crippen LogP contribution is -2.08. The number of halogens is 3. The molecule has 0 unspecified atom stereocenters. The zero-order chi connectivity index (χ0) is 22.5. The van der Waals surface area contributed by atoms with Gasteiger partial charge in [0.2, 0.25) is 0 Å². The van der Waals surface area contributed by atoms with E-state index in [0.717, 1.165) is 11.1 Å². The molecule has 0 bridgehead atoms. The topological polar surface area (TPSA) is 97.7 Å². The zero-order valence-electron chi connectivity index (χ0n) is 15.9. The van der Waals surface area contributed by atoms with Gasteiger partial charge >= 0.3 is 0 Å². The highest BCUT2D eigenvalue weighted by molar-refractivity contribution is 8.13. The molecule has 0 heterocycles. The number of aryl methyl sites for hydroxylation is 2. The Morgan fingerprint density at radius 1 is 0.828 bits per heavy atom. The minimum absolute atomic E-state index is 0.0524. The normalized spacial score (nSPS) is 11.0. The molecule has 0 aromatic heterocycles. The van der Waals surface area contributed by atoms with E-state index in [9.17, 15) is 25.6 Å². The van der Waals surface area contributed by atoms with E-state index in [1.807, 2.05) is 13.8 Å². The van der Waals surface area contributed by atoms with Gasteiger partial charge in [0, 0.05) is 10.7 Å². The van der Waals surface area contributed by atoms with Crippen molar-refractivity contribution in [3.63, 3.8) is 0 Å². The zero-order valence-corrected chi connectivity index (χ0v) is 18.3. The SMILES string of the molecule is Cc1ccc(S(=O)(=O)Cl)cc1.Cc1ccc(S(=O)(=O)OCCF)cc1.OCCF. The number of aliphatic hydroxyl groups excluding tert-OH is 1. The number of rotatable bonds is 6. The Labute approximate surface area is 174 Å². The van der Waals surface area contributed by atoms with Gasteiger partial charge in [-0.1, -0.05) is 35.4 Å². The molecule has 0 fully saturated rings. The number of aliphatic hydroxyl groups is 1. The summed E-state index contributed by atoms with van der Waals surface area (Å²) in [7, 11) is -2.24. The van der Waals surface area contributed by atoms with Crippen LogP contribution in [-0.2, 0) is 23.4 Å². The summed E-state index contributed by atoms with van der Waals surface area (Å²) >= 11 is 0. The first-order chi connectivity index (χ1) is 13.5. The summed E-state index contributed by atoms with van der Waals surface area (Å²) in [5, 5.41) is 7.50. The van der Waals surface area contributed by atoms with Crippen LogP contribution in [0.2, 0.25) is 0 Å². The molecule has 2 aromatic carbocycles. The van der Waals surface area contributed by atoms with Gasteiger partial charge < -0.3 is 5.11 Å². The summed E-state index contributed by atoms with van der Waals surface area (Å²) in [6, 6.07) is 12.6. The molecule has 2 aromatic rings. The van der Waals surface area contributed by atoms with Crippen LogP contribution in [0.1, 0.15) is 11.1 Å². The quantitative estimate of drug-likeness (QED) is 0.510. The van der Waals surface area contributed by atoms with E-state index in [4.69, 9.17) is 15.8 Å². The lowest BCUT2D eigenvalue weighted by molar-refractivity contribution is 0.253. The Bertz CT molecular complexity index is 914. The van der Waals surface area contributed by atoms with E-state index in [2.05, 4.69) is 4.18 Å². The monoisotopic (exact) mass is 472 g/mol. The van der Waals surface area contributed by atoms with Gasteiger partial charge in [0.05, 0.1) is 23.0 Å².